The van der Waals surface area contributed by atoms with E-state index < -0.39 is 0 Å². The molecular weight excluding hydrogens is 253 g/mol. The van der Waals surface area contributed by atoms with Crippen LogP contribution in [0.25, 0.3) is 0 Å². The number of fused-ring (bicyclic) bond motifs is 1. The van der Waals surface area contributed by atoms with Gasteiger partial charge in [0.2, 0.25) is 0 Å². The van der Waals surface area contributed by atoms with Gasteiger partial charge in [-0.25, -0.2) is 4.39 Å². The van der Waals surface area contributed by atoms with E-state index in [9.17, 15) is 4.39 Å². The minimum Gasteiger partial charge on any atom is -0.398 e. The fourth-order valence-electron chi connectivity index (χ4n) is 2.72. The number of anilines is 2. The van der Waals surface area contributed by atoms with Crippen LogP contribution in [0.4, 0.5) is 15.8 Å². The maximum Gasteiger partial charge on any atom is 0.124 e. The molecule has 1 heterocycles. The van der Waals surface area contributed by atoms with Crippen LogP contribution in [0.2, 0.25) is 0 Å². The summed E-state index contributed by atoms with van der Waals surface area (Å²) >= 11 is 0. The highest BCUT2D eigenvalue weighted by molar-refractivity contribution is 5.68. The Morgan fingerprint density at radius 3 is 2.95 bits per heavy atom. The summed E-state index contributed by atoms with van der Waals surface area (Å²) in [6, 6.07) is 12.3. The average Bonchev–Trinajstić information content (AvgIpc) is 2.83. The summed E-state index contributed by atoms with van der Waals surface area (Å²) in [4.78, 5) is 2.17. The second-order valence-electron chi connectivity index (χ2n) is 4.98. The fourth-order valence-corrected chi connectivity index (χ4v) is 2.72. The number of hydrogen-bond donors (Lipinski definition) is 1. The van der Waals surface area contributed by atoms with Crippen LogP contribution in [-0.4, -0.2) is 6.54 Å². The molecule has 0 saturated carbocycles. The van der Waals surface area contributed by atoms with Gasteiger partial charge >= 0.3 is 0 Å². The van der Waals surface area contributed by atoms with Gasteiger partial charge in [-0.1, -0.05) is 6.07 Å². The van der Waals surface area contributed by atoms with Gasteiger partial charge in [-0.2, -0.15) is 5.26 Å². The van der Waals surface area contributed by atoms with E-state index in [4.69, 9.17) is 11.0 Å². The first-order chi connectivity index (χ1) is 9.67. The van der Waals surface area contributed by atoms with E-state index in [0.29, 0.717) is 12.1 Å². The molecule has 0 aliphatic carbocycles. The molecule has 2 N–H and O–H groups in total. The Labute approximate surface area is 117 Å². The van der Waals surface area contributed by atoms with E-state index in [2.05, 4.69) is 4.90 Å². The molecule has 0 fully saturated rings. The highest BCUT2D eigenvalue weighted by Crippen LogP contribution is 2.33. The molecule has 0 spiro atoms. The van der Waals surface area contributed by atoms with E-state index in [1.165, 1.54) is 12.1 Å². The molecule has 0 aromatic heterocycles. The van der Waals surface area contributed by atoms with Crippen LogP contribution in [0.1, 0.15) is 16.7 Å². The Kier molecular flexibility index (Phi) is 3.03. The van der Waals surface area contributed by atoms with Crippen molar-refractivity contribution in [3.8, 4) is 6.07 Å². The number of nitrogen functional groups attached to an aromatic ring is 1. The summed E-state index contributed by atoms with van der Waals surface area (Å²) in [5, 5.41) is 8.89. The molecule has 0 saturated heterocycles. The van der Waals surface area contributed by atoms with Gasteiger partial charge in [0.15, 0.2) is 0 Å². The number of nitrogens with two attached hydrogens (primary N) is 1. The molecule has 2 aromatic rings. The third-order valence-electron chi connectivity index (χ3n) is 3.62. The second kappa shape index (κ2) is 4.86. The van der Waals surface area contributed by atoms with Crippen molar-refractivity contribution in [3.05, 3.63) is 58.9 Å². The molecule has 1 aliphatic rings. The Hall–Kier alpha value is -2.54. The molecule has 0 radical (unpaired) electrons. The lowest BCUT2D eigenvalue weighted by molar-refractivity contribution is 0.624. The molecule has 2 aromatic carbocycles. The molecule has 0 atom stereocenters. The van der Waals surface area contributed by atoms with Crippen LogP contribution in [0.5, 0.6) is 0 Å². The monoisotopic (exact) mass is 267 g/mol. The number of halogens is 1. The molecule has 0 unspecified atom stereocenters. The van der Waals surface area contributed by atoms with Crippen molar-refractivity contribution in [2.75, 3.05) is 17.2 Å². The van der Waals surface area contributed by atoms with Crippen molar-refractivity contribution in [2.24, 2.45) is 0 Å². The third kappa shape index (κ3) is 2.19. The number of hydrogen-bond acceptors (Lipinski definition) is 3. The summed E-state index contributed by atoms with van der Waals surface area (Å²) in [5.41, 5.74) is 10.2. The first-order valence-corrected chi connectivity index (χ1v) is 6.49. The summed E-state index contributed by atoms with van der Waals surface area (Å²) in [6.45, 7) is 1.45. The number of nitriles is 1. The molecule has 3 nitrogen and oxygen atoms in total. The fraction of sp³-hybridized carbons (Fsp3) is 0.188. The Bertz CT molecular complexity index is 703. The van der Waals surface area contributed by atoms with Crippen molar-refractivity contribution < 1.29 is 4.39 Å². The van der Waals surface area contributed by atoms with Crippen LogP contribution < -0.4 is 10.6 Å². The van der Waals surface area contributed by atoms with Crippen LogP contribution in [-0.2, 0) is 13.0 Å². The highest BCUT2D eigenvalue weighted by atomic mass is 19.1. The number of rotatable bonds is 2. The van der Waals surface area contributed by atoms with Gasteiger partial charge in [0, 0.05) is 30.0 Å². The van der Waals surface area contributed by atoms with Crippen molar-refractivity contribution in [1.29, 1.82) is 5.26 Å². The summed E-state index contributed by atoms with van der Waals surface area (Å²) < 4.78 is 13.5. The smallest absolute Gasteiger partial charge is 0.124 e. The maximum atomic E-state index is 13.5. The van der Waals surface area contributed by atoms with Gasteiger partial charge < -0.3 is 10.6 Å². The van der Waals surface area contributed by atoms with Crippen LogP contribution in [0, 0.1) is 17.1 Å². The van der Waals surface area contributed by atoms with Gasteiger partial charge in [-0.3, -0.25) is 0 Å². The van der Waals surface area contributed by atoms with Gasteiger partial charge in [0.1, 0.15) is 5.82 Å². The third-order valence-corrected chi connectivity index (χ3v) is 3.62. The number of nitrogens with zero attached hydrogens (tertiary/aromatic N) is 2. The first-order valence-electron chi connectivity index (χ1n) is 6.49. The topological polar surface area (TPSA) is 53.0 Å². The van der Waals surface area contributed by atoms with Crippen molar-refractivity contribution >= 4 is 11.4 Å². The van der Waals surface area contributed by atoms with Crippen LogP contribution >= 0.6 is 0 Å². The largest absolute Gasteiger partial charge is 0.398 e. The summed E-state index contributed by atoms with van der Waals surface area (Å²) in [7, 11) is 0. The Morgan fingerprint density at radius 2 is 2.15 bits per heavy atom. The van der Waals surface area contributed by atoms with Gasteiger partial charge in [-0.05, 0) is 42.3 Å². The molecule has 100 valence electrons. The molecule has 4 heteroatoms. The van der Waals surface area contributed by atoms with Gasteiger partial charge in [0.25, 0.3) is 0 Å². The lowest BCUT2D eigenvalue weighted by Crippen LogP contribution is -2.19. The minimum absolute atomic E-state index is 0.354. The predicted octanol–water partition coefficient (Wildman–Crippen LogP) is 2.84. The maximum absolute atomic E-state index is 13.5. The average molecular weight is 267 g/mol. The van der Waals surface area contributed by atoms with Crippen molar-refractivity contribution in [3.63, 3.8) is 0 Å². The lowest BCUT2D eigenvalue weighted by atomic mass is 10.1. The van der Waals surface area contributed by atoms with E-state index in [1.807, 2.05) is 24.3 Å². The molecule has 0 bridgehead atoms. The second-order valence-corrected chi connectivity index (χ2v) is 4.98. The molecule has 3 rings (SSSR count). The SMILES string of the molecule is N#Cc1cc(F)cc(CN2CCc3c(N)cccc32)c1. The zero-order valence-electron chi connectivity index (χ0n) is 10.9. The number of benzene rings is 2. The van der Waals surface area contributed by atoms with Crippen molar-refractivity contribution in [1.82, 2.24) is 0 Å². The normalized spacial score (nSPS) is 13.1. The first kappa shape index (κ1) is 12.5. The van der Waals surface area contributed by atoms with Gasteiger partial charge in [-0.15, -0.1) is 0 Å². The summed E-state index contributed by atoms with van der Waals surface area (Å²) in [6.07, 6.45) is 0.905. The van der Waals surface area contributed by atoms with Gasteiger partial charge in [0.05, 0.1) is 11.6 Å². The molecule has 0 amide bonds. The molecular formula is C16H14FN3. The Morgan fingerprint density at radius 1 is 1.30 bits per heavy atom. The quantitative estimate of drug-likeness (QED) is 0.851. The highest BCUT2D eigenvalue weighted by Gasteiger charge is 2.20. The van der Waals surface area contributed by atoms with Crippen LogP contribution in [0.3, 0.4) is 0 Å². The van der Waals surface area contributed by atoms with E-state index in [1.54, 1.807) is 6.07 Å². The molecule has 20 heavy (non-hydrogen) atoms. The predicted molar refractivity (Wildman–Crippen MR) is 76.7 cm³/mol. The summed E-state index contributed by atoms with van der Waals surface area (Å²) in [5.74, 6) is -0.369. The van der Waals surface area contributed by atoms with E-state index in [0.717, 1.165) is 35.5 Å². The minimum atomic E-state index is -0.369. The Balaban J connectivity index is 1.90. The zero-order valence-corrected chi connectivity index (χ0v) is 10.9. The van der Waals surface area contributed by atoms with Crippen molar-refractivity contribution in [2.45, 2.75) is 13.0 Å². The van der Waals surface area contributed by atoms with E-state index >= 15 is 0 Å². The van der Waals surface area contributed by atoms with Crippen LogP contribution in [0.15, 0.2) is 36.4 Å². The van der Waals surface area contributed by atoms with E-state index in [-0.39, 0.29) is 5.82 Å². The lowest BCUT2D eigenvalue weighted by Gasteiger charge is -2.19. The zero-order chi connectivity index (χ0) is 14.1. The standard InChI is InChI=1S/C16H14FN3/c17-13-7-11(9-18)6-12(8-13)10-20-5-4-14-15(19)2-1-3-16(14)20/h1-3,6-8H,4-5,10,19H2. The molecule has 1 aliphatic heterocycles.